The highest BCUT2D eigenvalue weighted by molar-refractivity contribution is 5.56. The Morgan fingerprint density at radius 1 is 1.00 bits per heavy atom. The highest BCUT2D eigenvalue weighted by Gasteiger charge is 2.12. The van der Waals surface area contributed by atoms with Crippen LogP contribution >= 0.6 is 0 Å². The fourth-order valence-electron chi connectivity index (χ4n) is 2.34. The lowest BCUT2D eigenvalue weighted by molar-refractivity contribution is 0.199. The molecule has 22 heavy (non-hydrogen) atoms. The second-order valence-electron chi connectivity index (χ2n) is 5.15. The summed E-state index contributed by atoms with van der Waals surface area (Å²) in [4.78, 5) is 0. The molecule has 1 rings (SSSR count). The van der Waals surface area contributed by atoms with Crippen molar-refractivity contribution >= 4 is 5.69 Å². The Labute approximate surface area is 137 Å². The number of aliphatic hydroxyl groups excluding tert-OH is 1. The fraction of sp³-hybridized carbons (Fsp3) is 0.684. The molecule has 0 unspecified atom stereocenters. The van der Waals surface area contributed by atoms with Gasteiger partial charge >= 0.3 is 0 Å². The van der Waals surface area contributed by atoms with Gasteiger partial charge in [0.15, 0.2) is 0 Å². The third-order valence-electron chi connectivity index (χ3n) is 3.47. The number of anilines is 1. The van der Waals surface area contributed by atoms with Crippen LogP contribution in [0.5, 0.6) is 5.75 Å². The van der Waals surface area contributed by atoms with E-state index in [1.54, 1.807) is 0 Å². The Morgan fingerprint density at radius 3 is 1.86 bits per heavy atom. The number of aryl methyl sites for hydroxylation is 2. The Kier molecular flexibility index (Phi) is 12.7. The zero-order valence-corrected chi connectivity index (χ0v) is 15.2. The zero-order chi connectivity index (χ0) is 16.8. The van der Waals surface area contributed by atoms with Crippen molar-refractivity contribution in [3.63, 3.8) is 0 Å². The Hall–Kier alpha value is -1.22. The van der Waals surface area contributed by atoms with Crippen LogP contribution in [-0.2, 0) is 12.8 Å². The van der Waals surface area contributed by atoms with Gasteiger partial charge in [0.1, 0.15) is 12.4 Å². The normalized spacial score (nSPS) is 9.91. The summed E-state index contributed by atoms with van der Waals surface area (Å²) < 4.78 is 5.83. The SMILES string of the molecule is CC.CCCCc1cc(NC)cc(CCCC)c1OCCO. The van der Waals surface area contributed by atoms with Crippen LogP contribution in [0.15, 0.2) is 12.1 Å². The van der Waals surface area contributed by atoms with Crippen LogP contribution in [0.2, 0.25) is 0 Å². The maximum atomic E-state index is 9.02. The smallest absolute Gasteiger partial charge is 0.125 e. The molecule has 0 fully saturated rings. The number of benzene rings is 1. The summed E-state index contributed by atoms with van der Waals surface area (Å²) in [5.74, 6) is 1.000. The van der Waals surface area contributed by atoms with E-state index in [9.17, 15) is 0 Å². The molecule has 0 spiro atoms. The molecule has 1 aromatic rings. The fourth-order valence-corrected chi connectivity index (χ4v) is 2.34. The number of rotatable bonds is 10. The Balaban J connectivity index is 0.00000211. The van der Waals surface area contributed by atoms with E-state index in [2.05, 4.69) is 31.3 Å². The highest BCUT2D eigenvalue weighted by atomic mass is 16.5. The summed E-state index contributed by atoms with van der Waals surface area (Å²) in [5.41, 5.74) is 3.68. The summed E-state index contributed by atoms with van der Waals surface area (Å²) in [5, 5.41) is 12.3. The van der Waals surface area contributed by atoms with E-state index in [4.69, 9.17) is 9.84 Å². The summed E-state index contributed by atoms with van der Waals surface area (Å²) in [6, 6.07) is 4.36. The van der Waals surface area contributed by atoms with Gasteiger partial charge in [-0.1, -0.05) is 40.5 Å². The third-order valence-corrected chi connectivity index (χ3v) is 3.47. The Bertz CT molecular complexity index is 362. The molecule has 3 nitrogen and oxygen atoms in total. The molecule has 0 radical (unpaired) electrons. The van der Waals surface area contributed by atoms with Crippen LogP contribution in [0.1, 0.15) is 64.5 Å². The van der Waals surface area contributed by atoms with E-state index < -0.39 is 0 Å². The van der Waals surface area contributed by atoms with Crippen LogP contribution in [0, 0.1) is 0 Å². The summed E-state index contributed by atoms with van der Waals surface area (Å²) in [6.07, 6.45) is 6.74. The molecule has 2 N–H and O–H groups in total. The molecule has 0 aliphatic carbocycles. The van der Waals surface area contributed by atoms with Crippen molar-refractivity contribution in [2.24, 2.45) is 0 Å². The number of aliphatic hydroxyl groups is 1. The first kappa shape index (κ1) is 20.8. The van der Waals surface area contributed by atoms with Gasteiger partial charge in [0.25, 0.3) is 0 Å². The van der Waals surface area contributed by atoms with Gasteiger partial charge in [-0.05, 0) is 48.9 Å². The maximum absolute atomic E-state index is 9.02. The molecule has 0 saturated carbocycles. The average molecular weight is 309 g/mol. The Morgan fingerprint density at radius 2 is 1.50 bits per heavy atom. The van der Waals surface area contributed by atoms with Gasteiger partial charge in [-0.15, -0.1) is 0 Å². The first-order valence-corrected chi connectivity index (χ1v) is 8.84. The molecule has 0 heterocycles. The lowest BCUT2D eigenvalue weighted by Gasteiger charge is -2.17. The van der Waals surface area contributed by atoms with Crippen molar-refractivity contribution in [3.05, 3.63) is 23.3 Å². The van der Waals surface area contributed by atoms with Crippen molar-refractivity contribution in [2.75, 3.05) is 25.6 Å². The topological polar surface area (TPSA) is 41.5 Å². The summed E-state index contributed by atoms with van der Waals surface area (Å²) in [7, 11) is 1.96. The number of unbranched alkanes of at least 4 members (excludes halogenated alkanes) is 2. The summed E-state index contributed by atoms with van der Waals surface area (Å²) >= 11 is 0. The van der Waals surface area contributed by atoms with Crippen LogP contribution < -0.4 is 10.1 Å². The van der Waals surface area contributed by atoms with Gasteiger partial charge in [-0.2, -0.15) is 0 Å². The van der Waals surface area contributed by atoms with Crippen molar-refractivity contribution in [2.45, 2.75) is 66.2 Å². The number of hydrogen-bond acceptors (Lipinski definition) is 3. The average Bonchev–Trinajstić information content (AvgIpc) is 2.58. The van der Waals surface area contributed by atoms with Crippen LogP contribution in [0.4, 0.5) is 5.69 Å². The molecule has 0 aromatic heterocycles. The van der Waals surface area contributed by atoms with Crippen molar-refractivity contribution in [1.29, 1.82) is 0 Å². The second-order valence-corrected chi connectivity index (χ2v) is 5.15. The maximum Gasteiger partial charge on any atom is 0.125 e. The van der Waals surface area contributed by atoms with Gasteiger partial charge in [-0.25, -0.2) is 0 Å². The summed E-state index contributed by atoms with van der Waals surface area (Å²) in [6.45, 7) is 8.84. The van der Waals surface area contributed by atoms with E-state index in [1.807, 2.05) is 20.9 Å². The predicted molar refractivity (Wildman–Crippen MR) is 97.1 cm³/mol. The molecule has 3 heteroatoms. The largest absolute Gasteiger partial charge is 0.491 e. The molecular weight excluding hydrogens is 274 g/mol. The minimum atomic E-state index is 0.0637. The van der Waals surface area contributed by atoms with Gasteiger partial charge in [0, 0.05) is 12.7 Å². The van der Waals surface area contributed by atoms with Crippen molar-refractivity contribution < 1.29 is 9.84 Å². The molecule has 0 atom stereocenters. The zero-order valence-electron chi connectivity index (χ0n) is 15.2. The lowest BCUT2D eigenvalue weighted by atomic mass is 9.99. The molecule has 0 bridgehead atoms. The standard InChI is InChI=1S/C17H29NO2.C2H6/c1-4-6-8-14-12-16(18-3)13-15(9-7-5-2)17(14)20-11-10-19;1-2/h12-13,18-19H,4-11H2,1-3H3;1-2H3. The van der Waals surface area contributed by atoms with Crippen molar-refractivity contribution in [1.82, 2.24) is 0 Å². The highest BCUT2D eigenvalue weighted by Crippen LogP contribution is 2.31. The molecule has 0 amide bonds. The van der Waals surface area contributed by atoms with Gasteiger partial charge in [0.2, 0.25) is 0 Å². The van der Waals surface area contributed by atoms with Gasteiger partial charge in [-0.3, -0.25) is 0 Å². The number of ether oxygens (including phenoxy) is 1. The lowest BCUT2D eigenvalue weighted by Crippen LogP contribution is -2.08. The first-order chi connectivity index (χ1) is 10.8. The molecule has 0 aliphatic heterocycles. The van der Waals surface area contributed by atoms with E-state index in [0.717, 1.165) is 37.1 Å². The minimum Gasteiger partial charge on any atom is -0.491 e. The minimum absolute atomic E-state index is 0.0637. The third kappa shape index (κ3) is 7.17. The predicted octanol–water partition coefficient (Wildman–Crippen LogP) is 4.81. The first-order valence-electron chi connectivity index (χ1n) is 8.84. The number of nitrogens with one attached hydrogen (secondary N) is 1. The van der Waals surface area contributed by atoms with E-state index in [0.29, 0.717) is 6.61 Å². The molecule has 0 saturated heterocycles. The van der Waals surface area contributed by atoms with Gasteiger partial charge < -0.3 is 15.2 Å². The van der Waals surface area contributed by atoms with E-state index in [1.165, 1.54) is 24.0 Å². The number of hydrogen-bond donors (Lipinski definition) is 2. The molecule has 1 aromatic carbocycles. The second kappa shape index (κ2) is 13.4. The molecular formula is C19H35NO2. The van der Waals surface area contributed by atoms with E-state index >= 15 is 0 Å². The van der Waals surface area contributed by atoms with Crippen LogP contribution in [0.3, 0.4) is 0 Å². The van der Waals surface area contributed by atoms with Crippen LogP contribution in [-0.4, -0.2) is 25.4 Å². The molecule has 128 valence electrons. The quantitative estimate of drug-likeness (QED) is 0.651. The van der Waals surface area contributed by atoms with E-state index in [-0.39, 0.29) is 6.61 Å². The monoisotopic (exact) mass is 309 g/mol. The van der Waals surface area contributed by atoms with Crippen molar-refractivity contribution in [3.8, 4) is 5.75 Å². The van der Waals surface area contributed by atoms with Gasteiger partial charge in [0.05, 0.1) is 6.61 Å². The van der Waals surface area contributed by atoms with Crippen LogP contribution in [0.25, 0.3) is 0 Å². The molecule has 0 aliphatic rings.